The summed E-state index contributed by atoms with van der Waals surface area (Å²) in [7, 11) is 0. The molecule has 0 fully saturated rings. The molecule has 2 heterocycles. The number of hydrogen-bond donors (Lipinski definition) is 1. The number of ether oxygens (including phenoxy) is 2. The van der Waals surface area contributed by atoms with Crippen molar-refractivity contribution in [3.8, 4) is 22.8 Å². The summed E-state index contributed by atoms with van der Waals surface area (Å²) in [6.45, 7) is 2.73. The van der Waals surface area contributed by atoms with Crippen molar-refractivity contribution < 1.29 is 23.9 Å². The van der Waals surface area contributed by atoms with Crippen molar-refractivity contribution in [1.29, 1.82) is 0 Å². The summed E-state index contributed by atoms with van der Waals surface area (Å²) >= 11 is 6.23. The molecular formula is C13H10ClNO5. The van der Waals surface area contributed by atoms with E-state index < -0.39 is 5.97 Å². The first kappa shape index (κ1) is 12.8. The highest BCUT2D eigenvalue weighted by atomic mass is 35.5. The zero-order chi connectivity index (χ0) is 14.3. The lowest BCUT2D eigenvalue weighted by Crippen LogP contribution is -2.16. The van der Waals surface area contributed by atoms with Gasteiger partial charge in [0.25, 0.3) is 0 Å². The molecule has 1 aliphatic rings. The minimum atomic E-state index is -1.19. The molecular weight excluding hydrogens is 286 g/mol. The van der Waals surface area contributed by atoms with Gasteiger partial charge in [0.15, 0.2) is 11.5 Å². The number of carboxylic acids is 1. The fraction of sp³-hybridized carbons (Fsp3) is 0.231. The van der Waals surface area contributed by atoms with Crippen LogP contribution in [0.5, 0.6) is 11.5 Å². The SMILES string of the molecule is Cc1c2c(cc(Cl)c1-c1cc(C(=O)O)on1)OCCO2. The quantitative estimate of drug-likeness (QED) is 0.917. The minimum absolute atomic E-state index is 0.245. The number of aromatic nitrogens is 1. The highest BCUT2D eigenvalue weighted by Crippen LogP contribution is 2.43. The molecule has 0 amide bonds. The van der Waals surface area contributed by atoms with Crippen LogP contribution >= 0.6 is 11.6 Å². The van der Waals surface area contributed by atoms with Gasteiger partial charge >= 0.3 is 5.97 Å². The van der Waals surface area contributed by atoms with Gasteiger partial charge in [0.05, 0.1) is 5.02 Å². The summed E-state index contributed by atoms with van der Waals surface area (Å²) in [6, 6.07) is 2.96. The molecule has 0 saturated carbocycles. The van der Waals surface area contributed by atoms with Crippen LogP contribution in [-0.2, 0) is 0 Å². The Balaban J connectivity index is 2.15. The van der Waals surface area contributed by atoms with Crippen molar-refractivity contribution in [3.05, 3.63) is 28.5 Å². The number of carbonyl (C=O) groups is 1. The van der Waals surface area contributed by atoms with E-state index in [0.29, 0.717) is 41.0 Å². The third kappa shape index (κ3) is 1.98. The fourth-order valence-electron chi connectivity index (χ4n) is 2.12. The average Bonchev–Trinajstić information content (AvgIpc) is 2.88. The fourth-order valence-corrected chi connectivity index (χ4v) is 2.46. The monoisotopic (exact) mass is 295 g/mol. The number of hydrogen-bond acceptors (Lipinski definition) is 5. The number of carboxylic acid groups (broad SMARTS) is 1. The molecule has 3 rings (SSSR count). The van der Waals surface area contributed by atoms with Crippen molar-refractivity contribution in [1.82, 2.24) is 5.16 Å². The van der Waals surface area contributed by atoms with Crippen LogP contribution in [0.4, 0.5) is 0 Å². The molecule has 1 aromatic heterocycles. The van der Waals surface area contributed by atoms with Crippen LogP contribution in [0, 0.1) is 6.92 Å². The smallest absolute Gasteiger partial charge is 0.374 e. The second-order valence-corrected chi connectivity index (χ2v) is 4.67. The van der Waals surface area contributed by atoms with Gasteiger partial charge in [-0.05, 0) is 6.92 Å². The Morgan fingerprint density at radius 1 is 1.35 bits per heavy atom. The first-order chi connectivity index (χ1) is 9.58. The van der Waals surface area contributed by atoms with Crippen LogP contribution in [0.1, 0.15) is 16.1 Å². The van der Waals surface area contributed by atoms with Gasteiger partial charge in [0.1, 0.15) is 18.9 Å². The van der Waals surface area contributed by atoms with Crippen LogP contribution in [-0.4, -0.2) is 29.4 Å². The van der Waals surface area contributed by atoms with Crippen molar-refractivity contribution >= 4 is 17.6 Å². The van der Waals surface area contributed by atoms with E-state index in [0.717, 1.165) is 5.56 Å². The molecule has 0 spiro atoms. The molecule has 0 saturated heterocycles. The van der Waals surface area contributed by atoms with E-state index >= 15 is 0 Å². The predicted molar refractivity (Wildman–Crippen MR) is 69.6 cm³/mol. The van der Waals surface area contributed by atoms with Crippen LogP contribution < -0.4 is 9.47 Å². The number of rotatable bonds is 2. The Bertz CT molecular complexity index is 694. The van der Waals surface area contributed by atoms with Crippen LogP contribution in [0.25, 0.3) is 11.3 Å². The Labute approximate surface area is 118 Å². The molecule has 0 radical (unpaired) electrons. The molecule has 1 N–H and O–H groups in total. The van der Waals surface area contributed by atoms with Gasteiger partial charge < -0.3 is 19.1 Å². The van der Waals surface area contributed by atoms with Gasteiger partial charge in [-0.1, -0.05) is 16.8 Å². The lowest BCUT2D eigenvalue weighted by molar-refractivity contribution is 0.0652. The van der Waals surface area contributed by atoms with Gasteiger partial charge in [-0.2, -0.15) is 0 Å². The van der Waals surface area contributed by atoms with Gasteiger partial charge in [0, 0.05) is 23.3 Å². The third-order valence-corrected chi connectivity index (χ3v) is 3.30. The summed E-state index contributed by atoms with van der Waals surface area (Å²) in [6.07, 6.45) is 0. The highest BCUT2D eigenvalue weighted by molar-refractivity contribution is 6.33. The van der Waals surface area contributed by atoms with E-state index in [4.69, 9.17) is 30.7 Å². The standard InChI is InChI=1S/C13H10ClNO5/c1-6-11(8-5-10(13(16)17)20-15-8)7(14)4-9-12(6)19-3-2-18-9/h4-5H,2-3H2,1H3,(H,16,17). The zero-order valence-electron chi connectivity index (χ0n) is 10.5. The van der Waals surface area contributed by atoms with Crippen molar-refractivity contribution in [2.24, 2.45) is 0 Å². The Morgan fingerprint density at radius 2 is 2.10 bits per heavy atom. The summed E-state index contributed by atoms with van der Waals surface area (Å²) in [4.78, 5) is 10.8. The van der Waals surface area contributed by atoms with Gasteiger partial charge in [-0.25, -0.2) is 4.79 Å². The first-order valence-corrected chi connectivity index (χ1v) is 6.25. The molecule has 1 aliphatic heterocycles. The van der Waals surface area contributed by atoms with E-state index in [-0.39, 0.29) is 5.76 Å². The molecule has 2 aromatic rings. The van der Waals surface area contributed by atoms with Crippen molar-refractivity contribution in [3.63, 3.8) is 0 Å². The molecule has 104 valence electrons. The molecule has 1 aromatic carbocycles. The normalized spacial score (nSPS) is 13.3. The number of fused-ring (bicyclic) bond motifs is 1. The summed E-state index contributed by atoms with van der Waals surface area (Å²) in [5, 5.41) is 13.0. The van der Waals surface area contributed by atoms with E-state index in [1.165, 1.54) is 6.07 Å². The lowest BCUT2D eigenvalue weighted by Gasteiger charge is -2.22. The number of benzene rings is 1. The highest BCUT2D eigenvalue weighted by Gasteiger charge is 2.23. The Hall–Kier alpha value is -2.21. The van der Waals surface area contributed by atoms with Crippen molar-refractivity contribution in [2.45, 2.75) is 6.92 Å². The van der Waals surface area contributed by atoms with Crippen molar-refractivity contribution in [2.75, 3.05) is 13.2 Å². The minimum Gasteiger partial charge on any atom is -0.486 e. The van der Waals surface area contributed by atoms with Crippen LogP contribution in [0.3, 0.4) is 0 Å². The van der Waals surface area contributed by atoms with E-state index in [1.807, 2.05) is 6.92 Å². The third-order valence-electron chi connectivity index (χ3n) is 3.00. The van der Waals surface area contributed by atoms with Crippen LogP contribution in [0.15, 0.2) is 16.7 Å². The van der Waals surface area contributed by atoms with Gasteiger partial charge in [-0.3, -0.25) is 0 Å². The molecule has 7 heteroatoms. The van der Waals surface area contributed by atoms with Gasteiger partial charge in [0.2, 0.25) is 5.76 Å². The number of nitrogens with zero attached hydrogens (tertiary/aromatic N) is 1. The molecule has 0 unspecified atom stereocenters. The maximum absolute atomic E-state index is 10.8. The second kappa shape index (κ2) is 4.72. The average molecular weight is 296 g/mol. The first-order valence-electron chi connectivity index (χ1n) is 5.87. The maximum Gasteiger partial charge on any atom is 0.374 e. The lowest BCUT2D eigenvalue weighted by atomic mass is 10.0. The van der Waals surface area contributed by atoms with E-state index in [2.05, 4.69) is 5.16 Å². The number of halogens is 1. The Morgan fingerprint density at radius 3 is 2.80 bits per heavy atom. The Kier molecular flexibility index (Phi) is 3.02. The van der Waals surface area contributed by atoms with E-state index in [9.17, 15) is 4.79 Å². The van der Waals surface area contributed by atoms with Crippen LogP contribution in [0.2, 0.25) is 5.02 Å². The van der Waals surface area contributed by atoms with Gasteiger partial charge in [-0.15, -0.1) is 0 Å². The zero-order valence-corrected chi connectivity index (χ0v) is 11.2. The molecule has 6 nitrogen and oxygen atoms in total. The largest absolute Gasteiger partial charge is 0.486 e. The second-order valence-electron chi connectivity index (χ2n) is 4.26. The molecule has 0 aliphatic carbocycles. The summed E-state index contributed by atoms with van der Waals surface area (Å²) in [5.74, 6) is -0.264. The predicted octanol–water partition coefficient (Wildman–Crippen LogP) is 2.77. The maximum atomic E-state index is 10.8. The molecule has 0 bridgehead atoms. The summed E-state index contributed by atoms with van der Waals surface area (Å²) in [5.41, 5.74) is 1.66. The topological polar surface area (TPSA) is 81.8 Å². The number of aromatic carboxylic acids is 1. The van der Waals surface area contributed by atoms with E-state index in [1.54, 1.807) is 6.07 Å². The summed E-state index contributed by atoms with van der Waals surface area (Å²) < 4.78 is 15.8. The molecule has 0 atom stereocenters. The molecule has 20 heavy (non-hydrogen) atoms.